The predicted molar refractivity (Wildman–Crippen MR) is 45.6 cm³/mol. The fraction of sp³-hybridized carbons (Fsp3) is 0.333. The van der Waals surface area contributed by atoms with E-state index in [1.54, 1.807) is 0 Å². The highest BCUT2D eigenvalue weighted by Gasteiger charge is 2.60. The standard InChI is InChI=1S/C9H2F8N2O/c10-7(11,8(12,13)14)5-1-4(2-18)19-3-6(5)20-9(15,16)17/h1,3H. The van der Waals surface area contributed by atoms with E-state index in [9.17, 15) is 35.1 Å². The second kappa shape index (κ2) is 4.77. The lowest BCUT2D eigenvalue weighted by molar-refractivity contribution is -0.296. The summed E-state index contributed by atoms with van der Waals surface area (Å²) in [5, 5.41) is 8.35. The van der Waals surface area contributed by atoms with Crippen LogP contribution in [0.4, 0.5) is 35.1 Å². The minimum atomic E-state index is -6.16. The highest BCUT2D eigenvalue weighted by molar-refractivity contribution is 5.40. The summed E-state index contributed by atoms with van der Waals surface area (Å²) < 4.78 is 102. The third kappa shape index (κ3) is 3.25. The quantitative estimate of drug-likeness (QED) is 0.786. The molecule has 0 radical (unpaired) electrons. The summed E-state index contributed by atoms with van der Waals surface area (Å²) in [4.78, 5) is 2.95. The fourth-order valence-corrected chi connectivity index (χ4v) is 1.11. The van der Waals surface area contributed by atoms with Crippen LogP contribution in [-0.2, 0) is 5.92 Å². The van der Waals surface area contributed by atoms with Crippen molar-refractivity contribution in [2.45, 2.75) is 18.5 Å². The molecule has 0 bridgehead atoms. The number of pyridine rings is 1. The molecule has 0 spiro atoms. The Hall–Kier alpha value is -2.12. The maximum atomic E-state index is 13.1. The van der Waals surface area contributed by atoms with Crippen LogP contribution in [0.2, 0.25) is 0 Å². The fourth-order valence-electron chi connectivity index (χ4n) is 1.11. The summed E-state index contributed by atoms with van der Waals surface area (Å²) in [5.41, 5.74) is -3.06. The molecular weight excluding hydrogens is 304 g/mol. The van der Waals surface area contributed by atoms with Crippen molar-refractivity contribution in [3.63, 3.8) is 0 Å². The zero-order valence-electron chi connectivity index (χ0n) is 8.98. The van der Waals surface area contributed by atoms with Crippen molar-refractivity contribution in [3.8, 4) is 11.8 Å². The number of nitriles is 1. The van der Waals surface area contributed by atoms with E-state index < -0.39 is 35.5 Å². The molecule has 3 nitrogen and oxygen atoms in total. The average Bonchev–Trinajstić information content (AvgIpc) is 2.25. The van der Waals surface area contributed by atoms with Gasteiger partial charge in [0.1, 0.15) is 11.8 Å². The lowest BCUT2D eigenvalue weighted by Gasteiger charge is -2.22. The van der Waals surface area contributed by atoms with Gasteiger partial charge in [0.25, 0.3) is 0 Å². The molecule has 0 amide bonds. The third-order valence-corrected chi connectivity index (χ3v) is 1.90. The SMILES string of the molecule is N#Cc1cc(C(F)(F)C(F)(F)F)c(OC(F)(F)F)cn1. The van der Waals surface area contributed by atoms with Crippen LogP contribution in [0.5, 0.6) is 5.75 Å². The second-order valence-corrected chi connectivity index (χ2v) is 3.30. The lowest BCUT2D eigenvalue weighted by atomic mass is 10.1. The molecule has 0 atom stereocenters. The Bertz CT molecular complexity index is 542. The van der Waals surface area contributed by atoms with Crippen LogP contribution in [0.1, 0.15) is 11.3 Å². The first kappa shape index (κ1) is 15.9. The van der Waals surface area contributed by atoms with Gasteiger partial charge >= 0.3 is 18.5 Å². The summed E-state index contributed by atoms with van der Waals surface area (Å²) in [6, 6.07) is 1.02. The van der Waals surface area contributed by atoms with Gasteiger partial charge in [0.2, 0.25) is 0 Å². The molecule has 1 aromatic heterocycles. The summed E-state index contributed by atoms with van der Waals surface area (Å²) in [7, 11) is 0. The Kier molecular flexibility index (Phi) is 3.80. The smallest absolute Gasteiger partial charge is 0.404 e. The van der Waals surface area contributed by atoms with Crippen LogP contribution < -0.4 is 4.74 Å². The molecule has 11 heteroatoms. The van der Waals surface area contributed by atoms with Crippen LogP contribution >= 0.6 is 0 Å². The number of halogens is 8. The number of aromatic nitrogens is 1. The van der Waals surface area contributed by atoms with Crippen LogP contribution in [0.3, 0.4) is 0 Å². The van der Waals surface area contributed by atoms with Crippen molar-refractivity contribution in [2.75, 3.05) is 0 Å². The molecule has 0 fully saturated rings. The molecule has 1 aromatic rings. The van der Waals surface area contributed by atoms with Gasteiger partial charge < -0.3 is 4.74 Å². The first-order valence-electron chi connectivity index (χ1n) is 4.49. The summed E-state index contributed by atoms with van der Waals surface area (Å²) in [6.07, 6.45) is -11.7. The topological polar surface area (TPSA) is 45.9 Å². The summed E-state index contributed by atoms with van der Waals surface area (Å²) >= 11 is 0. The lowest BCUT2D eigenvalue weighted by Crippen LogP contribution is -2.35. The van der Waals surface area contributed by atoms with E-state index in [-0.39, 0.29) is 12.3 Å². The molecule has 0 saturated carbocycles. The van der Waals surface area contributed by atoms with E-state index in [0.29, 0.717) is 0 Å². The number of rotatable bonds is 2. The highest BCUT2D eigenvalue weighted by Crippen LogP contribution is 2.47. The minimum Gasteiger partial charge on any atom is -0.404 e. The molecule has 0 aliphatic heterocycles. The van der Waals surface area contributed by atoms with Gasteiger partial charge in [-0.25, -0.2) is 4.98 Å². The van der Waals surface area contributed by atoms with Gasteiger partial charge in [0.15, 0.2) is 5.75 Å². The molecular formula is C9H2F8N2O. The number of hydrogen-bond donors (Lipinski definition) is 0. The maximum Gasteiger partial charge on any atom is 0.573 e. The van der Waals surface area contributed by atoms with Crippen molar-refractivity contribution in [1.82, 2.24) is 4.98 Å². The number of ether oxygens (including phenoxy) is 1. The summed E-state index contributed by atoms with van der Waals surface area (Å²) in [5.74, 6) is -7.47. The van der Waals surface area contributed by atoms with Crippen molar-refractivity contribution in [1.29, 1.82) is 5.26 Å². The van der Waals surface area contributed by atoms with E-state index in [1.165, 1.54) is 0 Å². The summed E-state index contributed by atoms with van der Waals surface area (Å²) in [6.45, 7) is 0. The Morgan fingerprint density at radius 1 is 1.05 bits per heavy atom. The van der Waals surface area contributed by atoms with Gasteiger partial charge in [-0.15, -0.1) is 13.2 Å². The van der Waals surface area contributed by atoms with Crippen LogP contribution in [0.25, 0.3) is 0 Å². The highest BCUT2D eigenvalue weighted by atomic mass is 19.4. The Morgan fingerprint density at radius 2 is 1.60 bits per heavy atom. The van der Waals surface area contributed by atoms with E-state index in [4.69, 9.17) is 5.26 Å². The molecule has 0 unspecified atom stereocenters. The van der Waals surface area contributed by atoms with Crippen LogP contribution in [-0.4, -0.2) is 17.5 Å². The second-order valence-electron chi connectivity index (χ2n) is 3.30. The van der Waals surface area contributed by atoms with Crippen LogP contribution in [0, 0.1) is 11.3 Å². The Balaban J connectivity index is 3.46. The molecule has 0 aliphatic rings. The van der Waals surface area contributed by atoms with Crippen LogP contribution in [0.15, 0.2) is 12.3 Å². The normalized spacial score (nSPS) is 12.9. The molecule has 0 saturated heterocycles. The predicted octanol–water partition coefficient (Wildman–Crippen LogP) is 3.51. The van der Waals surface area contributed by atoms with E-state index >= 15 is 0 Å². The Morgan fingerprint density at radius 3 is 2.00 bits per heavy atom. The zero-order chi connectivity index (χ0) is 15.8. The first-order valence-corrected chi connectivity index (χ1v) is 4.49. The van der Waals surface area contributed by atoms with Gasteiger partial charge in [0, 0.05) is 0 Å². The molecule has 0 aromatic carbocycles. The van der Waals surface area contributed by atoms with Crippen molar-refractivity contribution in [2.24, 2.45) is 0 Å². The van der Waals surface area contributed by atoms with E-state index in [0.717, 1.165) is 6.07 Å². The molecule has 20 heavy (non-hydrogen) atoms. The van der Waals surface area contributed by atoms with Gasteiger partial charge in [0.05, 0.1) is 11.8 Å². The third-order valence-electron chi connectivity index (χ3n) is 1.90. The molecule has 0 N–H and O–H groups in total. The number of nitrogens with zero attached hydrogens (tertiary/aromatic N) is 2. The van der Waals surface area contributed by atoms with Gasteiger partial charge in [-0.05, 0) is 6.07 Å². The van der Waals surface area contributed by atoms with Gasteiger partial charge in [-0.1, -0.05) is 0 Å². The maximum absolute atomic E-state index is 13.1. The average molecular weight is 306 g/mol. The molecule has 0 aliphatic carbocycles. The largest absolute Gasteiger partial charge is 0.573 e. The number of hydrogen-bond acceptors (Lipinski definition) is 3. The van der Waals surface area contributed by atoms with Gasteiger partial charge in [-0.3, -0.25) is 0 Å². The monoisotopic (exact) mass is 306 g/mol. The minimum absolute atomic E-state index is 0.0268. The molecule has 1 rings (SSSR count). The van der Waals surface area contributed by atoms with Gasteiger partial charge in [-0.2, -0.15) is 27.2 Å². The number of alkyl halides is 8. The first-order chi connectivity index (χ1) is 8.88. The van der Waals surface area contributed by atoms with E-state index in [1.807, 2.05) is 0 Å². The Labute approximate surface area is 105 Å². The van der Waals surface area contributed by atoms with Crippen molar-refractivity contribution >= 4 is 0 Å². The van der Waals surface area contributed by atoms with E-state index in [2.05, 4.69) is 9.72 Å². The molecule has 1 heterocycles. The van der Waals surface area contributed by atoms with Crippen molar-refractivity contribution < 1.29 is 39.9 Å². The zero-order valence-corrected chi connectivity index (χ0v) is 8.98. The van der Waals surface area contributed by atoms with Crippen molar-refractivity contribution in [3.05, 3.63) is 23.5 Å². The molecule has 110 valence electrons.